The van der Waals surface area contributed by atoms with Gasteiger partial charge in [0, 0.05) is 17.4 Å². The number of hydrogen-bond donors (Lipinski definition) is 2. The second-order valence-electron chi connectivity index (χ2n) is 7.30. The predicted octanol–water partition coefficient (Wildman–Crippen LogP) is 3.09. The molecule has 1 saturated carbocycles. The quantitative estimate of drug-likeness (QED) is 0.912. The minimum absolute atomic E-state index is 0.0189. The molecule has 1 spiro atoms. The molecule has 1 aromatic heterocycles. The fraction of sp³-hybridized carbons (Fsp3) is 0.500. The molecule has 0 atom stereocenters. The summed E-state index contributed by atoms with van der Waals surface area (Å²) in [6.45, 7) is 0.612. The van der Waals surface area contributed by atoms with Crippen LogP contribution in [0, 0.1) is 0 Å². The maximum Gasteiger partial charge on any atom is 0.255 e. The number of fused-ring (bicyclic) bond motifs is 4. The van der Waals surface area contributed by atoms with Gasteiger partial charge in [-0.1, -0.05) is 43.5 Å². The van der Waals surface area contributed by atoms with Crippen LogP contribution in [0.3, 0.4) is 0 Å². The van der Waals surface area contributed by atoms with Crippen LogP contribution in [0.4, 0.5) is 0 Å². The number of hydrogen-bond acceptors (Lipinski definition) is 3. The van der Waals surface area contributed by atoms with Gasteiger partial charge >= 0.3 is 0 Å². The van der Waals surface area contributed by atoms with Crippen molar-refractivity contribution in [2.45, 2.75) is 56.8 Å². The van der Waals surface area contributed by atoms with Gasteiger partial charge < -0.3 is 10.7 Å². The van der Waals surface area contributed by atoms with E-state index in [1.807, 2.05) is 6.07 Å². The molecule has 2 aromatic rings. The third kappa shape index (κ3) is 2.49. The van der Waals surface area contributed by atoms with Gasteiger partial charge in [-0.15, -0.1) is 0 Å². The molecule has 1 heterocycles. The molecule has 0 bridgehead atoms. The fourth-order valence-corrected chi connectivity index (χ4v) is 4.61. The summed E-state index contributed by atoms with van der Waals surface area (Å²) in [5, 5.41) is 0. The van der Waals surface area contributed by atoms with E-state index in [1.165, 1.54) is 24.8 Å². The standard InChI is InChI=1S/C20H25N3O/c21-12-6-9-16-22-18-15-8-3-2-7-14(15)13-20(10-4-1-5-11-20)17(18)19(24)23-16/h2-3,7-8H,1,4-6,9-13,21H2,(H,22,23,24). The SMILES string of the molecule is NCCCc1nc2c(c(=O)[nH]1)C1(CCCCC1)Cc1ccccc1-2. The Hall–Kier alpha value is -1.94. The van der Waals surface area contributed by atoms with E-state index >= 15 is 0 Å². The van der Waals surface area contributed by atoms with Crippen LogP contribution in [0.25, 0.3) is 11.3 Å². The zero-order valence-corrected chi connectivity index (χ0v) is 14.1. The van der Waals surface area contributed by atoms with Crippen LogP contribution in [0.5, 0.6) is 0 Å². The van der Waals surface area contributed by atoms with Gasteiger partial charge in [-0.05, 0) is 37.8 Å². The van der Waals surface area contributed by atoms with Gasteiger partial charge in [0.25, 0.3) is 5.56 Å². The molecule has 126 valence electrons. The number of nitrogens with two attached hydrogens (primary N) is 1. The molecule has 4 rings (SSSR count). The number of aromatic nitrogens is 2. The lowest BCUT2D eigenvalue weighted by atomic mass is 9.62. The first-order chi connectivity index (χ1) is 11.7. The van der Waals surface area contributed by atoms with Crippen molar-refractivity contribution >= 4 is 0 Å². The summed E-state index contributed by atoms with van der Waals surface area (Å²) in [7, 11) is 0. The number of aromatic amines is 1. The number of benzene rings is 1. The number of nitrogens with zero attached hydrogens (tertiary/aromatic N) is 1. The molecular formula is C20H25N3O. The van der Waals surface area contributed by atoms with Crippen LogP contribution in [0.15, 0.2) is 29.1 Å². The van der Waals surface area contributed by atoms with Crippen LogP contribution in [-0.2, 0) is 18.3 Å². The Morgan fingerprint density at radius 2 is 1.96 bits per heavy atom. The van der Waals surface area contributed by atoms with Gasteiger partial charge in [0.2, 0.25) is 0 Å². The summed E-state index contributed by atoms with van der Waals surface area (Å²) in [6.07, 6.45) is 8.43. The topological polar surface area (TPSA) is 71.8 Å². The maximum absolute atomic E-state index is 13.0. The molecule has 2 aliphatic rings. The lowest BCUT2D eigenvalue weighted by molar-refractivity contribution is 0.285. The van der Waals surface area contributed by atoms with Crippen LogP contribution >= 0.6 is 0 Å². The zero-order chi connectivity index (χ0) is 16.6. The average Bonchev–Trinajstić information content (AvgIpc) is 2.60. The number of aryl methyl sites for hydroxylation is 1. The van der Waals surface area contributed by atoms with Crippen molar-refractivity contribution in [3.63, 3.8) is 0 Å². The zero-order valence-electron chi connectivity index (χ0n) is 14.1. The molecule has 0 amide bonds. The molecule has 2 aliphatic carbocycles. The highest BCUT2D eigenvalue weighted by Gasteiger charge is 2.42. The van der Waals surface area contributed by atoms with Crippen LogP contribution < -0.4 is 11.3 Å². The molecule has 0 radical (unpaired) electrons. The largest absolute Gasteiger partial charge is 0.330 e. The van der Waals surface area contributed by atoms with E-state index in [0.717, 1.165) is 54.7 Å². The Balaban J connectivity index is 1.91. The normalized spacial score (nSPS) is 18.2. The van der Waals surface area contributed by atoms with E-state index in [-0.39, 0.29) is 11.0 Å². The van der Waals surface area contributed by atoms with E-state index < -0.39 is 0 Å². The molecule has 3 N–H and O–H groups in total. The van der Waals surface area contributed by atoms with E-state index in [9.17, 15) is 4.79 Å². The summed E-state index contributed by atoms with van der Waals surface area (Å²) in [6, 6.07) is 8.47. The summed E-state index contributed by atoms with van der Waals surface area (Å²) in [5.41, 5.74) is 10.0. The minimum atomic E-state index is -0.0189. The van der Waals surface area contributed by atoms with E-state index in [0.29, 0.717) is 6.54 Å². The Morgan fingerprint density at radius 1 is 1.17 bits per heavy atom. The van der Waals surface area contributed by atoms with Gasteiger partial charge in [0.1, 0.15) is 5.82 Å². The second-order valence-corrected chi connectivity index (χ2v) is 7.30. The van der Waals surface area contributed by atoms with Crippen molar-refractivity contribution in [2.75, 3.05) is 6.54 Å². The van der Waals surface area contributed by atoms with E-state index in [1.54, 1.807) is 0 Å². The Morgan fingerprint density at radius 3 is 2.75 bits per heavy atom. The third-order valence-corrected chi connectivity index (χ3v) is 5.73. The first kappa shape index (κ1) is 15.6. The van der Waals surface area contributed by atoms with E-state index in [2.05, 4.69) is 23.2 Å². The monoisotopic (exact) mass is 323 g/mol. The van der Waals surface area contributed by atoms with Crippen LogP contribution in [0.1, 0.15) is 55.5 Å². The Bertz CT molecular complexity index is 803. The summed E-state index contributed by atoms with van der Waals surface area (Å²) in [4.78, 5) is 20.9. The van der Waals surface area contributed by atoms with Gasteiger partial charge in [0.05, 0.1) is 11.3 Å². The van der Waals surface area contributed by atoms with Crippen LogP contribution in [-0.4, -0.2) is 16.5 Å². The van der Waals surface area contributed by atoms with Gasteiger partial charge in [-0.25, -0.2) is 4.98 Å². The first-order valence-electron chi connectivity index (χ1n) is 9.15. The molecule has 0 aliphatic heterocycles. The van der Waals surface area contributed by atoms with Crippen molar-refractivity contribution in [2.24, 2.45) is 5.73 Å². The Kier molecular flexibility index (Phi) is 4.01. The van der Waals surface area contributed by atoms with Gasteiger partial charge in [-0.2, -0.15) is 0 Å². The summed E-state index contributed by atoms with van der Waals surface area (Å²) >= 11 is 0. The minimum Gasteiger partial charge on any atom is -0.330 e. The molecule has 4 heteroatoms. The average molecular weight is 323 g/mol. The lowest BCUT2D eigenvalue weighted by Gasteiger charge is -2.41. The second kappa shape index (κ2) is 6.17. The number of nitrogens with one attached hydrogen (secondary N) is 1. The first-order valence-corrected chi connectivity index (χ1v) is 9.15. The van der Waals surface area contributed by atoms with Crippen LogP contribution in [0.2, 0.25) is 0 Å². The number of H-pyrrole nitrogens is 1. The molecule has 1 aromatic carbocycles. The number of rotatable bonds is 3. The van der Waals surface area contributed by atoms with E-state index in [4.69, 9.17) is 10.7 Å². The molecule has 24 heavy (non-hydrogen) atoms. The molecular weight excluding hydrogens is 298 g/mol. The highest BCUT2D eigenvalue weighted by Crippen LogP contribution is 2.48. The third-order valence-electron chi connectivity index (χ3n) is 5.73. The maximum atomic E-state index is 13.0. The van der Waals surface area contributed by atoms with Gasteiger partial charge in [0.15, 0.2) is 0 Å². The summed E-state index contributed by atoms with van der Waals surface area (Å²) < 4.78 is 0. The van der Waals surface area contributed by atoms with Crippen molar-refractivity contribution in [1.82, 2.24) is 9.97 Å². The van der Waals surface area contributed by atoms with Crippen molar-refractivity contribution in [3.8, 4) is 11.3 Å². The molecule has 4 nitrogen and oxygen atoms in total. The van der Waals surface area contributed by atoms with Gasteiger partial charge in [-0.3, -0.25) is 4.79 Å². The molecule has 0 unspecified atom stereocenters. The highest BCUT2D eigenvalue weighted by molar-refractivity contribution is 5.71. The predicted molar refractivity (Wildman–Crippen MR) is 96.1 cm³/mol. The lowest BCUT2D eigenvalue weighted by Crippen LogP contribution is -2.41. The highest BCUT2D eigenvalue weighted by atomic mass is 16.1. The van der Waals surface area contributed by atoms with Crippen molar-refractivity contribution < 1.29 is 0 Å². The fourth-order valence-electron chi connectivity index (χ4n) is 4.61. The van der Waals surface area contributed by atoms with Crippen molar-refractivity contribution in [1.29, 1.82) is 0 Å². The Labute approximate surface area is 142 Å². The smallest absolute Gasteiger partial charge is 0.255 e. The summed E-state index contributed by atoms with van der Waals surface area (Å²) in [5.74, 6) is 0.770. The van der Waals surface area contributed by atoms with Crippen molar-refractivity contribution in [3.05, 3.63) is 51.6 Å². The molecule has 1 fully saturated rings. The molecule has 0 saturated heterocycles.